The van der Waals surface area contributed by atoms with Crippen LogP contribution in [0.25, 0.3) is 0 Å². The molecule has 1 saturated carbocycles. The zero-order valence-corrected chi connectivity index (χ0v) is 10.8. The molecule has 96 valence electrons. The van der Waals surface area contributed by atoms with Gasteiger partial charge in [-0.25, -0.2) is 0 Å². The number of rotatable bonds is 2. The van der Waals surface area contributed by atoms with Gasteiger partial charge in [0.15, 0.2) is 0 Å². The summed E-state index contributed by atoms with van der Waals surface area (Å²) < 4.78 is 0. The summed E-state index contributed by atoms with van der Waals surface area (Å²) in [5, 5.41) is 3.03. The van der Waals surface area contributed by atoms with E-state index in [0.717, 1.165) is 12.3 Å². The highest BCUT2D eigenvalue weighted by atomic mass is 16.1. The van der Waals surface area contributed by atoms with Gasteiger partial charge in [0.05, 0.1) is 6.04 Å². The monoisotopic (exact) mass is 243 g/mol. The molecule has 1 heterocycles. The van der Waals surface area contributed by atoms with Crippen molar-refractivity contribution < 1.29 is 4.79 Å². The van der Waals surface area contributed by atoms with Gasteiger partial charge in [-0.15, -0.1) is 0 Å². The fourth-order valence-electron chi connectivity index (χ4n) is 3.30. The van der Waals surface area contributed by atoms with Crippen molar-refractivity contribution in [2.75, 3.05) is 0 Å². The minimum atomic E-state index is 0.191. The first-order valence-electron chi connectivity index (χ1n) is 7.22. The lowest BCUT2D eigenvalue weighted by Gasteiger charge is -2.22. The molecule has 18 heavy (non-hydrogen) atoms. The van der Waals surface area contributed by atoms with E-state index in [1.54, 1.807) is 0 Å². The predicted molar refractivity (Wildman–Crippen MR) is 72.4 cm³/mol. The summed E-state index contributed by atoms with van der Waals surface area (Å²) in [6, 6.07) is 9.21. The van der Waals surface area contributed by atoms with Gasteiger partial charge in [0.2, 0.25) is 5.91 Å². The SMILES string of the molecule is O=C1CCC(c2ccc(C3CCCCC3)cc2)N1. The van der Waals surface area contributed by atoms with Crippen LogP contribution in [-0.2, 0) is 4.79 Å². The first kappa shape index (κ1) is 11.8. The summed E-state index contributed by atoms with van der Waals surface area (Å²) in [6.07, 6.45) is 8.48. The van der Waals surface area contributed by atoms with E-state index < -0.39 is 0 Å². The first-order chi connectivity index (χ1) is 8.83. The molecule has 2 fully saturated rings. The fourth-order valence-corrected chi connectivity index (χ4v) is 3.30. The topological polar surface area (TPSA) is 29.1 Å². The molecular formula is C16H21NO. The van der Waals surface area contributed by atoms with Crippen LogP contribution < -0.4 is 5.32 Å². The van der Waals surface area contributed by atoms with E-state index in [4.69, 9.17) is 0 Å². The number of nitrogens with one attached hydrogen (secondary N) is 1. The van der Waals surface area contributed by atoms with Gasteiger partial charge in [0.1, 0.15) is 0 Å². The van der Waals surface area contributed by atoms with Crippen molar-refractivity contribution in [3.05, 3.63) is 35.4 Å². The van der Waals surface area contributed by atoms with Crippen LogP contribution in [0.1, 0.15) is 68.0 Å². The van der Waals surface area contributed by atoms with Gasteiger partial charge < -0.3 is 5.32 Å². The normalized spacial score (nSPS) is 25.1. The molecule has 2 aliphatic rings. The smallest absolute Gasteiger partial charge is 0.220 e. The molecule has 1 N–H and O–H groups in total. The number of amides is 1. The van der Waals surface area contributed by atoms with Crippen LogP contribution in [0.2, 0.25) is 0 Å². The van der Waals surface area contributed by atoms with Gasteiger partial charge in [0.25, 0.3) is 0 Å². The molecule has 1 amide bonds. The Hall–Kier alpha value is -1.31. The van der Waals surface area contributed by atoms with Gasteiger partial charge in [-0.05, 0) is 36.3 Å². The Kier molecular flexibility index (Phi) is 3.35. The molecule has 1 aromatic carbocycles. The minimum Gasteiger partial charge on any atom is -0.349 e. The van der Waals surface area contributed by atoms with Crippen LogP contribution in [0.3, 0.4) is 0 Å². The van der Waals surface area contributed by atoms with Crippen molar-refractivity contribution >= 4 is 5.91 Å². The zero-order chi connectivity index (χ0) is 12.4. The van der Waals surface area contributed by atoms with Crippen molar-refractivity contribution in [1.29, 1.82) is 0 Å². The second kappa shape index (κ2) is 5.13. The van der Waals surface area contributed by atoms with E-state index in [2.05, 4.69) is 29.6 Å². The third-order valence-electron chi connectivity index (χ3n) is 4.41. The maximum Gasteiger partial charge on any atom is 0.220 e. The molecular weight excluding hydrogens is 222 g/mol. The van der Waals surface area contributed by atoms with Gasteiger partial charge in [-0.2, -0.15) is 0 Å². The first-order valence-corrected chi connectivity index (χ1v) is 7.22. The lowest BCUT2D eigenvalue weighted by atomic mass is 9.83. The van der Waals surface area contributed by atoms with Crippen molar-refractivity contribution in [2.45, 2.75) is 56.9 Å². The molecule has 3 rings (SSSR count). The van der Waals surface area contributed by atoms with E-state index in [9.17, 15) is 4.79 Å². The van der Waals surface area contributed by atoms with Gasteiger partial charge in [-0.3, -0.25) is 4.79 Å². The molecule has 1 saturated heterocycles. The molecule has 0 spiro atoms. The Morgan fingerprint density at radius 2 is 1.56 bits per heavy atom. The highest BCUT2D eigenvalue weighted by Gasteiger charge is 2.22. The third kappa shape index (κ3) is 2.43. The van der Waals surface area contributed by atoms with Crippen molar-refractivity contribution in [3.63, 3.8) is 0 Å². The molecule has 1 aliphatic carbocycles. The molecule has 1 atom stereocenters. The van der Waals surface area contributed by atoms with Gasteiger partial charge in [0, 0.05) is 6.42 Å². The molecule has 2 nitrogen and oxygen atoms in total. The Bertz CT molecular complexity index is 417. The van der Waals surface area contributed by atoms with E-state index >= 15 is 0 Å². The molecule has 1 aliphatic heterocycles. The summed E-state index contributed by atoms with van der Waals surface area (Å²) >= 11 is 0. The summed E-state index contributed by atoms with van der Waals surface area (Å²) in [7, 11) is 0. The van der Waals surface area contributed by atoms with Crippen LogP contribution in [0.15, 0.2) is 24.3 Å². The number of carbonyl (C=O) groups is 1. The largest absolute Gasteiger partial charge is 0.349 e. The second-order valence-electron chi connectivity index (χ2n) is 5.66. The summed E-state index contributed by atoms with van der Waals surface area (Å²) in [5.74, 6) is 0.960. The molecule has 2 heteroatoms. The van der Waals surface area contributed by atoms with Crippen LogP contribution in [-0.4, -0.2) is 5.91 Å². The van der Waals surface area contributed by atoms with Crippen molar-refractivity contribution in [3.8, 4) is 0 Å². The summed E-state index contributed by atoms with van der Waals surface area (Å²) in [5.41, 5.74) is 2.75. The van der Waals surface area contributed by atoms with Gasteiger partial charge >= 0.3 is 0 Å². The highest BCUT2D eigenvalue weighted by Crippen LogP contribution is 2.33. The lowest BCUT2D eigenvalue weighted by molar-refractivity contribution is -0.119. The highest BCUT2D eigenvalue weighted by molar-refractivity contribution is 5.78. The zero-order valence-electron chi connectivity index (χ0n) is 10.8. The maximum absolute atomic E-state index is 11.2. The van der Waals surface area contributed by atoms with Crippen LogP contribution in [0, 0.1) is 0 Å². The van der Waals surface area contributed by atoms with E-state index in [1.807, 2.05) is 0 Å². The summed E-state index contributed by atoms with van der Waals surface area (Å²) in [4.78, 5) is 11.2. The molecule has 0 aromatic heterocycles. The number of carbonyl (C=O) groups excluding carboxylic acids is 1. The second-order valence-corrected chi connectivity index (χ2v) is 5.66. The van der Waals surface area contributed by atoms with E-state index in [-0.39, 0.29) is 11.9 Å². The van der Waals surface area contributed by atoms with Gasteiger partial charge in [-0.1, -0.05) is 43.5 Å². The Morgan fingerprint density at radius 3 is 2.17 bits per heavy atom. The van der Waals surface area contributed by atoms with E-state index in [1.165, 1.54) is 43.2 Å². The molecule has 0 bridgehead atoms. The average molecular weight is 243 g/mol. The Morgan fingerprint density at radius 1 is 0.889 bits per heavy atom. The van der Waals surface area contributed by atoms with Crippen LogP contribution >= 0.6 is 0 Å². The molecule has 1 aromatic rings. The maximum atomic E-state index is 11.2. The Balaban J connectivity index is 1.70. The average Bonchev–Trinajstić information content (AvgIpc) is 2.87. The Labute approximate surface area is 109 Å². The van der Waals surface area contributed by atoms with Crippen molar-refractivity contribution in [2.24, 2.45) is 0 Å². The quantitative estimate of drug-likeness (QED) is 0.843. The lowest BCUT2D eigenvalue weighted by Crippen LogP contribution is -2.18. The van der Waals surface area contributed by atoms with Crippen LogP contribution in [0.4, 0.5) is 0 Å². The van der Waals surface area contributed by atoms with Crippen LogP contribution in [0.5, 0.6) is 0 Å². The minimum absolute atomic E-state index is 0.191. The standard InChI is InChI=1S/C16H21NO/c18-16-11-10-15(17-16)14-8-6-13(7-9-14)12-4-2-1-3-5-12/h6-9,12,15H,1-5,10-11H2,(H,17,18). The van der Waals surface area contributed by atoms with E-state index in [0.29, 0.717) is 6.42 Å². The fraction of sp³-hybridized carbons (Fsp3) is 0.562. The van der Waals surface area contributed by atoms with Crippen molar-refractivity contribution in [1.82, 2.24) is 5.32 Å². The molecule has 1 unspecified atom stereocenters. The predicted octanol–water partition coefficient (Wildman–Crippen LogP) is 3.69. The number of hydrogen-bond donors (Lipinski definition) is 1. The number of benzene rings is 1. The third-order valence-corrected chi connectivity index (χ3v) is 4.41. The number of hydrogen-bond acceptors (Lipinski definition) is 1. The molecule has 0 radical (unpaired) electrons. The summed E-state index contributed by atoms with van der Waals surface area (Å²) in [6.45, 7) is 0.